The third-order valence-electron chi connectivity index (χ3n) is 5.36. The van der Waals surface area contributed by atoms with Crippen LogP contribution in [0.2, 0.25) is 0 Å². The molecule has 1 aliphatic carbocycles. The molecule has 3 atom stereocenters. The maximum absolute atomic E-state index is 5.71. The molecule has 2 aliphatic rings. The predicted octanol–water partition coefficient (Wildman–Crippen LogP) is 3.83. The summed E-state index contributed by atoms with van der Waals surface area (Å²) >= 11 is 0. The Labute approximate surface area is 129 Å². The van der Waals surface area contributed by atoms with Gasteiger partial charge in [-0.1, -0.05) is 20.8 Å². The lowest BCUT2D eigenvalue weighted by Crippen LogP contribution is -2.40. The first kappa shape index (κ1) is 15.1. The molecule has 1 aromatic heterocycles. The summed E-state index contributed by atoms with van der Waals surface area (Å²) in [5.41, 5.74) is 0.491. The molecule has 3 nitrogen and oxygen atoms in total. The lowest BCUT2D eigenvalue weighted by atomic mass is 9.91. The molecule has 1 aliphatic heterocycles. The minimum absolute atomic E-state index is 0.401. The van der Waals surface area contributed by atoms with Gasteiger partial charge in [0.15, 0.2) is 0 Å². The first-order valence-corrected chi connectivity index (χ1v) is 8.56. The fourth-order valence-electron chi connectivity index (χ4n) is 4.37. The van der Waals surface area contributed by atoms with E-state index in [0.717, 1.165) is 18.2 Å². The Kier molecular flexibility index (Phi) is 4.41. The van der Waals surface area contributed by atoms with Crippen molar-refractivity contribution in [3.63, 3.8) is 0 Å². The molecule has 0 radical (unpaired) electrons. The van der Waals surface area contributed by atoms with Gasteiger partial charge in [-0.2, -0.15) is 0 Å². The fraction of sp³-hybridized carbons (Fsp3) is 0.778. The fourth-order valence-corrected chi connectivity index (χ4v) is 4.37. The average Bonchev–Trinajstić information content (AvgIpc) is 3.13. The van der Waals surface area contributed by atoms with Crippen LogP contribution in [0, 0.1) is 11.3 Å². The van der Waals surface area contributed by atoms with E-state index < -0.39 is 0 Å². The standard InChI is InChI=1S/C18H30N2O/c1-14-11-18(2,3)12-15(14)19-13-16(17-7-6-10-21-17)20-8-4-5-9-20/h6-7,10,14-16,19H,4-5,8-9,11-13H2,1-3H3. The SMILES string of the molecule is CC1CC(C)(C)CC1NCC(c1ccco1)N1CCCC1. The van der Waals surface area contributed by atoms with Gasteiger partial charge in [-0.3, -0.25) is 4.90 Å². The first-order chi connectivity index (χ1) is 10.1. The van der Waals surface area contributed by atoms with Crippen molar-refractivity contribution in [2.75, 3.05) is 19.6 Å². The molecule has 3 heteroatoms. The third-order valence-corrected chi connectivity index (χ3v) is 5.36. The number of nitrogens with one attached hydrogen (secondary N) is 1. The maximum atomic E-state index is 5.71. The van der Waals surface area contributed by atoms with Crippen LogP contribution < -0.4 is 5.32 Å². The smallest absolute Gasteiger partial charge is 0.122 e. The van der Waals surface area contributed by atoms with E-state index >= 15 is 0 Å². The molecule has 21 heavy (non-hydrogen) atoms. The van der Waals surface area contributed by atoms with Gasteiger partial charge in [0.1, 0.15) is 5.76 Å². The van der Waals surface area contributed by atoms with Gasteiger partial charge in [-0.15, -0.1) is 0 Å². The molecular formula is C18H30N2O. The predicted molar refractivity (Wildman–Crippen MR) is 86.2 cm³/mol. The summed E-state index contributed by atoms with van der Waals surface area (Å²) < 4.78 is 5.71. The molecule has 0 aromatic carbocycles. The lowest BCUT2D eigenvalue weighted by Gasteiger charge is -2.28. The van der Waals surface area contributed by atoms with Crippen molar-refractivity contribution in [3.8, 4) is 0 Å². The van der Waals surface area contributed by atoms with Gasteiger partial charge in [-0.05, 0) is 62.2 Å². The largest absolute Gasteiger partial charge is 0.468 e. The summed E-state index contributed by atoms with van der Waals surface area (Å²) in [5, 5.41) is 3.85. The zero-order valence-electron chi connectivity index (χ0n) is 13.8. The Bertz CT molecular complexity index is 434. The number of hydrogen-bond acceptors (Lipinski definition) is 3. The molecule has 0 amide bonds. The molecule has 118 valence electrons. The second-order valence-electron chi connectivity index (χ2n) is 7.84. The molecule has 1 aromatic rings. The van der Waals surface area contributed by atoms with E-state index in [2.05, 4.69) is 37.1 Å². The number of hydrogen-bond donors (Lipinski definition) is 1. The third kappa shape index (κ3) is 3.51. The first-order valence-electron chi connectivity index (χ1n) is 8.56. The van der Waals surface area contributed by atoms with Gasteiger partial charge >= 0.3 is 0 Å². The second kappa shape index (κ2) is 6.13. The van der Waals surface area contributed by atoms with Gasteiger partial charge in [0.2, 0.25) is 0 Å². The van der Waals surface area contributed by atoms with Crippen LogP contribution in [-0.2, 0) is 0 Å². The van der Waals surface area contributed by atoms with Gasteiger partial charge in [-0.25, -0.2) is 0 Å². The molecule has 2 heterocycles. The Morgan fingerprint density at radius 1 is 1.33 bits per heavy atom. The average molecular weight is 290 g/mol. The number of rotatable bonds is 5. The lowest BCUT2D eigenvalue weighted by molar-refractivity contribution is 0.200. The van der Waals surface area contributed by atoms with Crippen LogP contribution in [-0.4, -0.2) is 30.6 Å². The van der Waals surface area contributed by atoms with Gasteiger partial charge in [0, 0.05) is 12.6 Å². The van der Waals surface area contributed by atoms with E-state index in [0.29, 0.717) is 17.5 Å². The summed E-state index contributed by atoms with van der Waals surface area (Å²) in [4.78, 5) is 2.58. The van der Waals surface area contributed by atoms with E-state index in [9.17, 15) is 0 Å². The Hall–Kier alpha value is -0.800. The molecule has 2 fully saturated rings. The van der Waals surface area contributed by atoms with Crippen LogP contribution in [0.1, 0.15) is 58.3 Å². The van der Waals surface area contributed by atoms with Crippen molar-refractivity contribution in [3.05, 3.63) is 24.2 Å². The van der Waals surface area contributed by atoms with E-state index in [4.69, 9.17) is 4.42 Å². The monoisotopic (exact) mass is 290 g/mol. The van der Waals surface area contributed by atoms with Crippen molar-refractivity contribution >= 4 is 0 Å². The van der Waals surface area contributed by atoms with E-state index in [1.54, 1.807) is 6.26 Å². The van der Waals surface area contributed by atoms with E-state index in [1.807, 2.05) is 6.07 Å². The van der Waals surface area contributed by atoms with E-state index in [1.165, 1.54) is 38.8 Å². The summed E-state index contributed by atoms with van der Waals surface area (Å²) in [6, 6.07) is 5.20. The molecule has 3 rings (SSSR count). The van der Waals surface area contributed by atoms with E-state index in [-0.39, 0.29) is 0 Å². The Morgan fingerprint density at radius 3 is 2.67 bits per heavy atom. The van der Waals surface area contributed by atoms with Crippen molar-refractivity contribution in [2.24, 2.45) is 11.3 Å². The highest BCUT2D eigenvalue weighted by Crippen LogP contribution is 2.41. The summed E-state index contributed by atoms with van der Waals surface area (Å²) in [6.07, 6.45) is 7.08. The molecule has 0 bridgehead atoms. The summed E-state index contributed by atoms with van der Waals surface area (Å²) in [5.74, 6) is 1.89. The van der Waals surface area contributed by atoms with Crippen LogP contribution in [0.25, 0.3) is 0 Å². The minimum Gasteiger partial charge on any atom is -0.468 e. The molecular weight excluding hydrogens is 260 g/mol. The quantitative estimate of drug-likeness (QED) is 0.893. The highest BCUT2D eigenvalue weighted by Gasteiger charge is 2.37. The highest BCUT2D eigenvalue weighted by molar-refractivity contribution is 5.06. The second-order valence-corrected chi connectivity index (χ2v) is 7.84. The Balaban J connectivity index is 1.62. The number of nitrogens with zero attached hydrogens (tertiary/aromatic N) is 1. The Morgan fingerprint density at radius 2 is 2.10 bits per heavy atom. The van der Waals surface area contributed by atoms with Gasteiger partial charge < -0.3 is 9.73 Å². The van der Waals surface area contributed by atoms with Crippen LogP contribution in [0.3, 0.4) is 0 Å². The zero-order valence-corrected chi connectivity index (χ0v) is 13.8. The number of likely N-dealkylation sites (tertiary alicyclic amines) is 1. The van der Waals surface area contributed by atoms with Gasteiger partial charge in [0.05, 0.1) is 12.3 Å². The zero-order chi connectivity index (χ0) is 14.9. The summed E-state index contributed by atoms with van der Waals surface area (Å²) in [6.45, 7) is 10.6. The van der Waals surface area contributed by atoms with Gasteiger partial charge in [0.25, 0.3) is 0 Å². The van der Waals surface area contributed by atoms with Crippen LogP contribution in [0.15, 0.2) is 22.8 Å². The molecule has 1 N–H and O–H groups in total. The minimum atomic E-state index is 0.401. The summed E-state index contributed by atoms with van der Waals surface area (Å²) in [7, 11) is 0. The molecule has 1 saturated carbocycles. The topological polar surface area (TPSA) is 28.4 Å². The number of furan rings is 1. The maximum Gasteiger partial charge on any atom is 0.122 e. The highest BCUT2D eigenvalue weighted by atomic mass is 16.3. The van der Waals surface area contributed by atoms with Crippen molar-refractivity contribution < 1.29 is 4.42 Å². The van der Waals surface area contributed by atoms with Crippen LogP contribution in [0.5, 0.6) is 0 Å². The van der Waals surface area contributed by atoms with Crippen LogP contribution in [0.4, 0.5) is 0 Å². The van der Waals surface area contributed by atoms with Crippen molar-refractivity contribution in [2.45, 2.75) is 58.5 Å². The molecule has 0 spiro atoms. The van der Waals surface area contributed by atoms with Crippen LogP contribution >= 0.6 is 0 Å². The normalized spacial score (nSPS) is 30.8. The van der Waals surface area contributed by atoms with Crippen molar-refractivity contribution in [1.29, 1.82) is 0 Å². The molecule has 3 unspecified atom stereocenters. The van der Waals surface area contributed by atoms with Crippen molar-refractivity contribution in [1.82, 2.24) is 10.2 Å². The molecule has 1 saturated heterocycles.